The van der Waals surface area contributed by atoms with Crippen LogP contribution in [-0.4, -0.2) is 22.5 Å². The second-order valence-corrected chi connectivity index (χ2v) is 1.66. The minimum atomic E-state index is 1.17. The molecule has 0 aliphatic heterocycles. The Hall–Kier alpha value is 0.539. The van der Waals surface area contributed by atoms with Gasteiger partial charge in [-0.3, -0.25) is 0 Å². The Labute approximate surface area is 40.0 Å². The molecule has 0 saturated heterocycles. The third kappa shape index (κ3) is 2.54. The fourth-order valence-electron chi connectivity index (χ4n) is 0. The van der Waals surface area contributed by atoms with Gasteiger partial charge >= 0.3 is 39.6 Å². The van der Waals surface area contributed by atoms with Gasteiger partial charge in [0.2, 0.25) is 0 Å². The molecule has 0 aromatic carbocycles. The van der Waals surface area contributed by atoms with Crippen LogP contribution in [0, 0.1) is 0 Å². The van der Waals surface area contributed by atoms with Crippen LogP contribution >= 0.6 is 0 Å². The van der Waals surface area contributed by atoms with Crippen LogP contribution in [0.2, 0.25) is 4.44 Å². The van der Waals surface area contributed by atoms with E-state index in [1.165, 1.54) is 4.44 Å². The van der Waals surface area contributed by atoms with Crippen LogP contribution in [0.1, 0.15) is 0 Å². The zero-order chi connectivity index (χ0) is 3.41. The third-order valence-electron chi connectivity index (χ3n) is 0.144. The predicted octanol–water partition coefficient (Wildman–Crippen LogP) is 0.759. The predicted molar refractivity (Wildman–Crippen MR) is 20.8 cm³/mol. The van der Waals surface area contributed by atoms with Crippen molar-refractivity contribution < 1.29 is 0 Å². The first-order chi connectivity index (χ1) is 1.91. The van der Waals surface area contributed by atoms with Gasteiger partial charge in [-0.05, 0) is 0 Å². The molecule has 0 fully saturated rings. The first-order valence-electron chi connectivity index (χ1n) is 1.17. The fourth-order valence-corrected chi connectivity index (χ4v) is 0. The molecule has 0 saturated carbocycles. The molecule has 1 heteroatoms. The normalized spacial score (nSPS) is 6.50. The molecule has 0 spiro atoms. The Bertz CT molecular complexity index is 17.2. The van der Waals surface area contributed by atoms with E-state index in [-0.39, 0.29) is 0 Å². The Morgan fingerprint density at radius 3 is 2.25 bits per heavy atom. The molecule has 0 aromatic heterocycles. The minimum absolute atomic E-state index is 1.17. The zero-order valence-electron chi connectivity index (χ0n) is 2.49. The van der Waals surface area contributed by atoms with Gasteiger partial charge in [-0.25, -0.2) is 0 Å². The summed E-state index contributed by atoms with van der Waals surface area (Å²) < 4.78 is 1.17. The number of hydrogen-bond donors (Lipinski definition) is 0. The molecule has 18 valence electrons. The first-order valence-corrected chi connectivity index (χ1v) is 3.19. The quantitative estimate of drug-likeness (QED) is 0.392. The first kappa shape index (κ1) is 4.54. The van der Waals surface area contributed by atoms with E-state index in [1.807, 2.05) is 6.08 Å². The molecule has 0 aliphatic carbocycles. The molecule has 0 N–H and O–H groups in total. The molecule has 0 amide bonds. The molecule has 0 atom stereocenters. The SMILES string of the molecule is C=C[CH2][Sn+3]. The van der Waals surface area contributed by atoms with E-state index in [4.69, 9.17) is 0 Å². The van der Waals surface area contributed by atoms with E-state index < -0.39 is 0 Å². The monoisotopic (exact) mass is 161 g/mol. The van der Waals surface area contributed by atoms with Crippen molar-refractivity contribution >= 4 is 22.5 Å². The van der Waals surface area contributed by atoms with Crippen molar-refractivity contribution in [2.75, 3.05) is 0 Å². The summed E-state index contributed by atoms with van der Waals surface area (Å²) in [4.78, 5) is 0. The molecule has 0 unspecified atom stereocenters. The molecule has 0 bridgehead atoms. The van der Waals surface area contributed by atoms with E-state index in [0.29, 0.717) is 0 Å². The van der Waals surface area contributed by atoms with Crippen LogP contribution in [0.3, 0.4) is 0 Å². The second kappa shape index (κ2) is 3.54. The van der Waals surface area contributed by atoms with E-state index in [1.54, 1.807) is 22.5 Å². The van der Waals surface area contributed by atoms with Gasteiger partial charge in [0.05, 0.1) is 0 Å². The van der Waals surface area contributed by atoms with Crippen LogP contribution in [0.4, 0.5) is 0 Å². The van der Waals surface area contributed by atoms with Crippen LogP contribution in [0.15, 0.2) is 12.7 Å². The number of rotatable bonds is 1. The van der Waals surface area contributed by atoms with Crippen molar-refractivity contribution in [1.29, 1.82) is 0 Å². The summed E-state index contributed by atoms with van der Waals surface area (Å²) in [6.45, 7) is 3.50. The molecule has 0 nitrogen and oxygen atoms in total. The van der Waals surface area contributed by atoms with Gasteiger partial charge in [0.1, 0.15) is 0 Å². The van der Waals surface area contributed by atoms with Crippen LogP contribution in [0.25, 0.3) is 0 Å². The van der Waals surface area contributed by atoms with E-state index in [0.717, 1.165) is 0 Å². The molecular weight excluding hydrogens is 155 g/mol. The van der Waals surface area contributed by atoms with Crippen LogP contribution < -0.4 is 0 Å². The summed E-state index contributed by atoms with van der Waals surface area (Å²) in [5.41, 5.74) is 0. The summed E-state index contributed by atoms with van der Waals surface area (Å²) in [5.74, 6) is 0. The molecule has 0 heterocycles. The Kier molecular flexibility index (Phi) is 4.02. The second-order valence-electron chi connectivity index (χ2n) is 0.493. The molecular formula is C3H5Sn+3. The van der Waals surface area contributed by atoms with Gasteiger partial charge in [-0.15, -0.1) is 0 Å². The van der Waals surface area contributed by atoms with E-state index >= 15 is 0 Å². The Morgan fingerprint density at radius 1 is 2.00 bits per heavy atom. The zero-order valence-corrected chi connectivity index (χ0v) is 5.35. The Balaban J connectivity index is 2.30. The van der Waals surface area contributed by atoms with E-state index in [2.05, 4.69) is 6.58 Å². The van der Waals surface area contributed by atoms with Gasteiger partial charge in [-0.1, -0.05) is 0 Å². The maximum absolute atomic E-state index is 3.50. The van der Waals surface area contributed by atoms with Gasteiger partial charge in [0.15, 0.2) is 0 Å². The molecule has 0 aliphatic rings. The molecule has 0 radical (unpaired) electrons. The van der Waals surface area contributed by atoms with Crippen LogP contribution in [-0.2, 0) is 0 Å². The number of hydrogen-bond acceptors (Lipinski definition) is 0. The van der Waals surface area contributed by atoms with Crippen molar-refractivity contribution in [3.63, 3.8) is 0 Å². The molecule has 0 rings (SSSR count). The molecule has 4 heavy (non-hydrogen) atoms. The standard InChI is InChI=1S/C3H5.Sn/c1-3-2;/h3H,1-2H2;/q;+3. The van der Waals surface area contributed by atoms with Gasteiger partial charge < -0.3 is 0 Å². The summed E-state index contributed by atoms with van der Waals surface area (Å²) in [6, 6.07) is 0. The average Bonchev–Trinajstić information content (AvgIpc) is 1.37. The maximum atomic E-state index is 3.50. The summed E-state index contributed by atoms with van der Waals surface area (Å²) in [6.07, 6.45) is 1.92. The third-order valence-corrected chi connectivity index (χ3v) is 0.968. The summed E-state index contributed by atoms with van der Waals surface area (Å²) in [5, 5.41) is 0. The van der Waals surface area contributed by atoms with Crippen molar-refractivity contribution in [2.45, 2.75) is 4.44 Å². The van der Waals surface area contributed by atoms with Crippen molar-refractivity contribution in [3.05, 3.63) is 12.7 Å². The van der Waals surface area contributed by atoms with Crippen molar-refractivity contribution in [2.24, 2.45) is 0 Å². The molecule has 0 aromatic rings. The summed E-state index contributed by atoms with van der Waals surface area (Å²) >= 11 is 1.55. The van der Waals surface area contributed by atoms with Gasteiger partial charge in [0.25, 0.3) is 0 Å². The topological polar surface area (TPSA) is 0 Å². The Morgan fingerprint density at radius 2 is 2.25 bits per heavy atom. The van der Waals surface area contributed by atoms with Crippen molar-refractivity contribution in [1.82, 2.24) is 0 Å². The van der Waals surface area contributed by atoms with E-state index in [9.17, 15) is 0 Å². The van der Waals surface area contributed by atoms with Gasteiger partial charge in [-0.2, -0.15) is 0 Å². The summed E-state index contributed by atoms with van der Waals surface area (Å²) in [7, 11) is 0. The van der Waals surface area contributed by atoms with Gasteiger partial charge in [0, 0.05) is 0 Å². The number of allylic oxidation sites excluding steroid dienone is 1. The fraction of sp³-hybridized carbons (Fsp3) is 0.333. The van der Waals surface area contributed by atoms with Crippen molar-refractivity contribution in [3.8, 4) is 0 Å². The van der Waals surface area contributed by atoms with Crippen LogP contribution in [0.5, 0.6) is 0 Å². The average molecular weight is 160 g/mol.